The number of carbonyl (C=O) groups excluding carboxylic acids is 2. The Labute approximate surface area is 189 Å². The largest absolute Gasteiger partial charge is 0.351 e. The number of amides is 1. The van der Waals surface area contributed by atoms with Crippen molar-refractivity contribution in [3.63, 3.8) is 0 Å². The average molecular weight is 428 g/mol. The molecule has 5 heteroatoms. The van der Waals surface area contributed by atoms with Crippen LogP contribution in [0.25, 0.3) is 5.57 Å². The normalized spacial score (nSPS) is 22.2. The van der Waals surface area contributed by atoms with Gasteiger partial charge in [0.25, 0.3) is 0 Å². The first-order valence-electron chi connectivity index (χ1n) is 11.2. The Hall–Kier alpha value is -3.47. The number of hydrogen-bond donors (Lipinski definition) is 1. The topological polar surface area (TPSA) is 61.8 Å². The minimum absolute atomic E-state index is 0.00458. The number of aliphatic imine (C=N–C) groups is 1. The highest BCUT2D eigenvalue weighted by atomic mass is 16.2. The van der Waals surface area contributed by atoms with E-state index in [1.165, 1.54) is 0 Å². The van der Waals surface area contributed by atoms with Crippen molar-refractivity contribution in [2.75, 3.05) is 11.4 Å². The number of ketones is 1. The summed E-state index contributed by atoms with van der Waals surface area (Å²) in [5.41, 5.74) is 3.01. The highest BCUT2D eigenvalue weighted by Crippen LogP contribution is 2.35. The fourth-order valence-corrected chi connectivity index (χ4v) is 4.23. The number of nitrogens with zero attached hydrogens (tertiary/aromatic N) is 2. The van der Waals surface area contributed by atoms with Crippen molar-refractivity contribution in [1.29, 1.82) is 0 Å². The molecule has 1 aliphatic heterocycles. The van der Waals surface area contributed by atoms with E-state index in [-0.39, 0.29) is 11.7 Å². The molecule has 0 saturated carbocycles. The summed E-state index contributed by atoms with van der Waals surface area (Å²) >= 11 is 0. The second-order valence-corrected chi connectivity index (χ2v) is 8.45. The lowest BCUT2D eigenvalue weighted by Gasteiger charge is -2.42. The summed E-state index contributed by atoms with van der Waals surface area (Å²) in [7, 11) is 0. The second kappa shape index (κ2) is 9.35. The van der Waals surface area contributed by atoms with Gasteiger partial charge < -0.3 is 10.2 Å². The molecule has 0 spiro atoms. The molecule has 1 N–H and O–H groups in total. The molecule has 2 aliphatic rings. The first-order chi connectivity index (χ1) is 15.5. The third-order valence-corrected chi connectivity index (χ3v) is 6.08. The second-order valence-electron chi connectivity index (χ2n) is 8.45. The number of unbranched alkanes of at least 4 members (excludes halogenated alkanes) is 1. The van der Waals surface area contributed by atoms with Crippen LogP contribution < -0.4 is 10.2 Å². The van der Waals surface area contributed by atoms with Crippen molar-refractivity contribution >= 4 is 29.2 Å². The van der Waals surface area contributed by atoms with Crippen LogP contribution in [0.4, 0.5) is 5.69 Å². The summed E-state index contributed by atoms with van der Waals surface area (Å²) in [6.07, 6.45) is 9.22. The predicted molar refractivity (Wildman–Crippen MR) is 130 cm³/mol. The van der Waals surface area contributed by atoms with Crippen molar-refractivity contribution in [2.24, 2.45) is 4.99 Å². The number of hydrogen-bond acceptors (Lipinski definition) is 4. The van der Waals surface area contributed by atoms with Gasteiger partial charge in [-0.3, -0.25) is 14.6 Å². The van der Waals surface area contributed by atoms with E-state index in [0.29, 0.717) is 13.0 Å². The van der Waals surface area contributed by atoms with Crippen molar-refractivity contribution in [3.8, 4) is 0 Å². The third kappa shape index (κ3) is 4.42. The molecule has 0 aromatic heterocycles. The van der Waals surface area contributed by atoms with E-state index < -0.39 is 11.7 Å². The van der Waals surface area contributed by atoms with Gasteiger partial charge in [0.15, 0.2) is 5.78 Å². The number of anilines is 1. The standard InChI is InChI=1S/C27H29N3O2/c1-3-4-14-26(32)29-25-19-30(23-13-9-8-12-22(23)18-28-25)27(2)17-21(15-16-24(27)31)20-10-6-5-7-11-20/h5-13,15-18,25H,3-4,14,19H2,1-2H3,(H,29,32)/t25-,27?/m0/s1. The summed E-state index contributed by atoms with van der Waals surface area (Å²) in [6.45, 7) is 4.41. The molecule has 0 fully saturated rings. The smallest absolute Gasteiger partial charge is 0.221 e. The number of benzodiazepines with no additional fused rings is 1. The average Bonchev–Trinajstić information content (AvgIpc) is 3.00. The molecule has 2 aromatic carbocycles. The van der Waals surface area contributed by atoms with Crippen LogP contribution >= 0.6 is 0 Å². The molecule has 2 aromatic rings. The van der Waals surface area contributed by atoms with Crippen LogP contribution in [-0.4, -0.2) is 36.2 Å². The van der Waals surface area contributed by atoms with Gasteiger partial charge in [0.05, 0.1) is 6.54 Å². The van der Waals surface area contributed by atoms with Gasteiger partial charge in [-0.25, -0.2) is 0 Å². The zero-order chi connectivity index (χ0) is 22.6. The van der Waals surface area contributed by atoms with Crippen molar-refractivity contribution in [3.05, 3.63) is 84.0 Å². The highest BCUT2D eigenvalue weighted by molar-refractivity contribution is 6.08. The highest BCUT2D eigenvalue weighted by Gasteiger charge is 2.40. The van der Waals surface area contributed by atoms with Crippen LogP contribution in [0.15, 0.2) is 77.8 Å². The van der Waals surface area contributed by atoms with Gasteiger partial charge in [-0.15, -0.1) is 0 Å². The van der Waals surface area contributed by atoms with E-state index in [1.54, 1.807) is 12.3 Å². The quantitative estimate of drug-likeness (QED) is 0.736. The van der Waals surface area contributed by atoms with Crippen LogP contribution in [-0.2, 0) is 9.59 Å². The van der Waals surface area contributed by atoms with E-state index in [1.807, 2.05) is 73.7 Å². The molecule has 164 valence electrons. The van der Waals surface area contributed by atoms with Gasteiger partial charge in [0, 0.05) is 23.9 Å². The molecule has 0 radical (unpaired) electrons. The lowest BCUT2D eigenvalue weighted by Crippen LogP contribution is -2.56. The van der Waals surface area contributed by atoms with Crippen LogP contribution in [0.5, 0.6) is 0 Å². The van der Waals surface area contributed by atoms with Gasteiger partial charge >= 0.3 is 0 Å². The Morgan fingerprint density at radius 2 is 1.88 bits per heavy atom. The number of benzene rings is 2. The van der Waals surface area contributed by atoms with Crippen LogP contribution in [0.3, 0.4) is 0 Å². The fourth-order valence-electron chi connectivity index (χ4n) is 4.23. The minimum Gasteiger partial charge on any atom is -0.351 e. The number of fused-ring (bicyclic) bond motifs is 1. The molecule has 0 bridgehead atoms. The summed E-state index contributed by atoms with van der Waals surface area (Å²) in [5.74, 6) is -0.00890. The molecule has 5 nitrogen and oxygen atoms in total. The Morgan fingerprint density at radius 3 is 2.66 bits per heavy atom. The number of rotatable bonds is 6. The molecule has 1 aliphatic carbocycles. The summed E-state index contributed by atoms with van der Waals surface area (Å²) in [6, 6.07) is 18.0. The van der Waals surface area contributed by atoms with E-state index in [4.69, 9.17) is 0 Å². The maximum Gasteiger partial charge on any atom is 0.221 e. The van der Waals surface area contributed by atoms with E-state index in [2.05, 4.69) is 22.1 Å². The SMILES string of the molecule is CCCCC(=O)N[C@H]1CN(C2(C)C=C(c3ccccc3)C=CC2=O)c2ccccc2C=N1. The third-order valence-electron chi connectivity index (χ3n) is 6.08. The molecule has 1 amide bonds. The van der Waals surface area contributed by atoms with Gasteiger partial charge in [-0.05, 0) is 42.7 Å². The van der Waals surface area contributed by atoms with Crippen molar-refractivity contribution in [2.45, 2.75) is 44.8 Å². The zero-order valence-corrected chi connectivity index (χ0v) is 18.6. The van der Waals surface area contributed by atoms with Gasteiger partial charge in [-0.2, -0.15) is 0 Å². The van der Waals surface area contributed by atoms with Gasteiger partial charge in [0.1, 0.15) is 11.7 Å². The number of nitrogens with one attached hydrogen (secondary N) is 1. The Morgan fingerprint density at radius 1 is 1.12 bits per heavy atom. The monoisotopic (exact) mass is 427 g/mol. The summed E-state index contributed by atoms with van der Waals surface area (Å²) < 4.78 is 0. The number of para-hydroxylation sites is 1. The molecular formula is C27H29N3O2. The lowest BCUT2D eigenvalue weighted by molar-refractivity contribution is -0.121. The first-order valence-corrected chi connectivity index (χ1v) is 11.2. The minimum atomic E-state index is -0.907. The molecule has 1 unspecified atom stereocenters. The molecule has 1 heterocycles. The Balaban J connectivity index is 1.72. The van der Waals surface area contributed by atoms with Crippen LogP contribution in [0.2, 0.25) is 0 Å². The van der Waals surface area contributed by atoms with E-state index in [9.17, 15) is 9.59 Å². The maximum atomic E-state index is 13.3. The number of allylic oxidation sites excluding steroid dienone is 2. The van der Waals surface area contributed by atoms with Crippen LogP contribution in [0.1, 0.15) is 44.2 Å². The fraction of sp³-hybridized carbons (Fsp3) is 0.296. The van der Waals surface area contributed by atoms with Gasteiger partial charge in [-0.1, -0.05) is 68.0 Å². The van der Waals surface area contributed by atoms with Crippen LogP contribution in [0, 0.1) is 0 Å². The molecule has 4 rings (SSSR count). The predicted octanol–water partition coefficient (Wildman–Crippen LogP) is 4.54. The van der Waals surface area contributed by atoms with Crippen molar-refractivity contribution in [1.82, 2.24) is 5.32 Å². The van der Waals surface area contributed by atoms with Gasteiger partial charge in [0.2, 0.25) is 5.91 Å². The summed E-state index contributed by atoms with van der Waals surface area (Å²) in [4.78, 5) is 32.4. The Kier molecular flexibility index (Phi) is 6.35. The summed E-state index contributed by atoms with van der Waals surface area (Å²) in [5, 5.41) is 3.04. The van der Waals surface area contributed by atoms with E-state index >= 15 is 0 Å². The first kappa shape index (κ1) is 21.8. The molecule has 2 atom stereocenters. The lowest BCUT2D eigenvalue weighted by atomic mass is 9.84. The van der Waals surface area contributed by atoms with Crippen molar-refractivity contribution < 1.29 is 9.59 Å². The maximum absolute atomic E-state index is 13.3. The Bertz CT molecular complexity index is 1090. The molecular weight excluding hydrogens is 398 g/mol. The molecule has 0 saturated heterocycles. The zero-order valence-electron chi connectivity index (χ0n) is 18.6. The molecule has 32 heavy (non-hydrogen) atoms. The number of carbonyl (C=O) groups is 2. The van der Waals surface area contributed by atoms with E-state index in [0.717, 1.165) is 35.2 Å².